The van der Waals surface area contributed by atoms with Crippen LogP contribution < -0.4 is 0 Å². The fourth-order valence-electron chi connectivity index (χ4n) is 2.34. The van der Waals surface area contributed by atoms with Gasteiger partial charge in [0.2, 0.25) is 17.7 Å². The Hall–Kier alpha value is -1.88. The molecule has 1 heterocycles. The Morgan fingerprint density at radius 2 is 1.78 bits per heavy atom. The molecule has 0 atom stereocenters. The van der Waals surface area contributed by atoms with Gasteiger partial charge < -0.3 is 9.32 Å². The molecule has 1 aromatic heterocycles. The van der Waals surface area contributed by atoms with Crippen LogP contribution in [-0.4, -0.2) is 34.1 Å². The van der Waals surface area contributed by atoms with Crippen LogP contribution >= 0.6 is 11.6 Å². The first-order valence-electron chi connectivity index (χ1n) is 8.00. The van der Waals surface area contributed by atoms with Crippen LogP contribution in [0, 0.1) is 0 Å². The fourth-order valence-corrected chi connectivity index (χ4v) is 2.46. The number of halogens is 1. The van der Waals surface area contributed by atoms with Crippen molar-refractivity contribution in [1.82, 2.24) is 15.1 Å². The van der Waals surface area contributed by atoms with Crippen LogP contribution in [-0.2, 0) is 11.2 Å². The molecule has 2 aromatic rings. The van der Waals surface area contributed by atoms with Crippen molar-refractivity contribution >= 4 is 17.5 Å². The number of hydrogen-bond acceptors (Lipinski definition) is 4. The van der Waals surface area contributed by atoms with E-state index in [4.69, 9.17) is 16.0 Å². The Morgan fingerprint density at radius 3 is 2.39 bits per heavy atom. The first-order valence-corrected chi connectivity index (χ1v) is 8.38. The summed E-state index contributed by atoms with van der Waals surface area (Å²) in [5, 5.41) is 8.70. The van der Waals surface area contributed by atoms with Crippen LogP contribution in [0.4, 0.5) is 0 Å². The van der Waals surface area contributed by atoms with Gasteiger partial charge in [-0.15, -0.1) is 10.2 Å². The highest BCUT2D eigenvalue weighted by Crippen LogP contribution is 2.20. The molecule has 0 fully saturated rings. The van der Waals surface area contributed by atoms with Crippen molar-refractivity contribution in [2.75, 3.05) is 13.1 Å². The summed E-state index contributed by atoms with van der Waals surface area (Å²) in [6.07, 6.45) is 2.78. The lowest BCUT2D eigenvalue weighted by molar-refractivity contribution is -0.131. The number of amides is 1. The number of nitrogens with zero attached hydrogens (tertiary/aromatic N) is 3. The van der Waals surface area contributed by atoms with Gasteiger partial charge in [0.25, 0.3) is 0 Å². The molecular formula is C17H22ClN3O2. The maximum atomic E-state index is 12.2. The Bertz CT molecular complexity index is 619. The van der Waals surface area contributed by atoms with E-state index >= 15 is 0 Å². The van der Waals surface area contributed by atoms with E-state index in [2.05, 4.69) is 24.0 Å². The van der Waals surface area contributed by atoms with Crippen LogP contribution in [0.25, 0.3) is 11.5 Å². The third-order valence-corrected chi connectivity index (χ3v) is 3.70. The summed E-state index contributed by atoms with van der Waals surface area (Å²) < 4.78 is 5.62. The highest BCUT2D eigenvalue weighted by atomic mass is 35.5. The summed E-state index contributed by atoms with van der Waals surface area (Å²) in [4.78, 5) is 14.1. The first kappa shape index (κ1) is 17.5. The minimum atomic E-state index is 0.139. The fraction of sp³-hybridized carbons (Fsp3) is 0.471. The van der Waals surface area contributed by atoms with Crippen LogP contribution in [0.1, 0.15) is 39.0 Å². The zero-order valence-corrected chi connectivity index (χ0v) is 14.3. The van der Waals surface area contributed by atoms with Gasteiger partial charge in [-0.3, -0.25) is 4.79 Å². The van der Waals surface area contributed by atoms with E-state index in [-0.39, 0.29) is 5.91 Å². The van der Waals surface area contributed by atoms with Crippen molar-refractivity contribution in [1.29, 1.82) is 0 Å². The van der Waals surface area contributed by atoms with Crippen molar-refractivity contribution in [2.45, 2.75) is 39.5 Å². The van der Waals surface area contributed by atoms with Gasteiger partial charge in [-0.1, -0.05) is 25.4 Å². The van der Waals surface area contributed by atoms with Crippen LogP contribution in [0.5, 0.6) is 0 Å². The molecule has 2 rings (SSSR count). The zero-order chi connectivity index (χ0) is 16.7. The van der Waals surface area contributed by atoms with Gasteiger partial charge in [-0.2, -0.15) is 0 Å². The predicted molar refractivity (Wildman–Crippen MR) is 90.2 cm³/mol. The lowest BCUT2D eigenvalue weighted by Crippen LogP contribution is -2.32. The molecule has 0 spiro atoms. The van der Waals surface area contributed by atoms with Gasteiger partial charge in [-0.25, -0.2) is 0 Å². The van der Waals surface area contributed by atoms with Crippen LogP contribution in [0.3, 0.4) is 0 Å². The molecule has 1 amide bonds. The summed E-state index contributed by atoms with van der Waals surface area (Å²) in [5.41, 5.74) is 0.818. The van der Waals surface area contributed by atoms with Gasteiger partial charge in [0.05, 0.1) is 0 Å². The molecule has 0 aliphatic rings. The monoisotopic (exact) mass is 335 g/mol. The topological polar surface area (TPSA) is 59.2 Å². The average Bonchev–Trinajstić information content (AvgIpc) is 3.02. The standard InChI is InChI=1S/C17H22ClN3O2/c1-3-11-21(12-4-2)16(22)10-9-15-19-20-17(23-15)13-5-7-14(18)8-6-13/h5-8H,3-4,9-12H2,1-2H3. The highest BCUT2D eigenvalue weighted by Gasteiger charge is 2.14. The molecule has 0 radical (unpaired) electrons. The predicted octanol–water partition coefficient (Wildman–Crippen LogP) is 3.97. The summed E-state index contributed by atoms with van der Waals surface area (Å²) in [6.45, 7) is 5.75. The van der Waals surface area contributed by atoms with Crippen LogP contribution in [0.2, 0.25) is 5.02 Å². The molecule has 23 heavy (non-hydrogen) atoms. The maximum Gasteiger partial charge on any atom is 0.247 e. The molecule has 0 bridgehead atoms. The molecule has 0 saturated carbocycles. The third kappa shape index (κ3) is 5.06. The second-order valence-electron chi connectivity index (χ2n) is 5.39. The molecule has 0 saturated heterocycles. The SMILES string of the molecule is CCCN(CCC)C(=O)CCc1nnc(-c2ccc(Cl)cc2)o1. The summed E-state index contributed by atoms with van der Waals surface area (Å²) in [7, 11) is 0. The van der Waals surface area contributed by atoms with Gasteiger partial charge in [0.1, 0.15) is 0 Å². The molecule has 6 heteroatoms. The number of carbonyl (C=O) groups is 1. The van der Waals surface area contributed by atoms with E-state index in [0.717, 1.165) is 31.5 Å². The molecular weight excluding hydrogens is 314 g/mol. The zero-order valence-electron chi connectivity index (χ0n) is 13.6. The highest BCUT2D eigenvalue weighted by molar-refractivity contribution is 6.30. The third-order valence-electron chi connectivity index (χ3n) is 3.45. The smallest absolute Gasteiger partial charge is 0.247 e. The molecule has 1 aromatic carbocycles. The van der Waals surface area contributed by atoms with Crippen molar-refractivity contribution in [3.05, 3.63) is 35.2 Å². The normalized spacial score (nSPS) is 10.7. The first-order chi connectivity index (χ1) is 11.1. The summed E-state index contributed by atoms with van der Waals surface area (Å²) in [5.74, 6) is 1.07. The lowest BCUT2D eigenvalue weighted by Gasteiger charge is -2.21. The van der Waals surface area contributed by atoms with E-state index in [1.165, 1.54) is 0 Å². The molecule has 0 N–H and O–H groups in total. The number of aromatic nitrogens is 2. The van der Waals surface area contributed by atoms with Crippen molar-refractivity contribution in [2.24, 2.45) is 0 Å². The number of hydrogen-bond donors (Lipinski definition) is 0. The van der Waals surface area contributed by atoms with E-state index in [0.29, 0.717) is 29.6 Å². The number of benzene rings is 1. The quantitative estimate of drug-likeness (QED) is 0.732. The molecule has 0 aliphatic heterocycles. The maximum absolute atomic E-state index is 12.2. The van der Waals surface area contributed by atoms with E-state index in [1.807, 2.05) is 17.0 Å². The molecule has 0 aliphatic carbocycles. The Kier molecular flexibility index (Phi) is 6.59. The minimum Gasteiger partial charge on any atom is -0.421 e. The molecule has 5 nitrogen and oxygen atoms in total. The van der Waals surface area contributed by atoms with Crippen LogP contribution in [0.15, 0.2) is 28.7 Å². The number of aryl methyl sites for hydroxylation is 1. The Balaban J connectivity index is 1.93. The summed E-state index contributed by atoms with van der Waals surface area (Å²) in [6, 6.07) is 7.21. The van der Waals surface area contributed by atoms with E-state index in [1.54, 1.807) is 12.1 Å². The lowest BCUT2D eigenvalue weighted by atomic mass is 10.2. The Labute approximate surface area is 141 Å². The van der Waals surface area contributed by atoms with E-state index < -0.39 is 0 Å². The Morgan fingerprint density at radius 1 is 1.13 bits per heavy atom. The number of rotatable bonds is 8. The van der Waals surface area contributed by atoms with Gasteiger partial charge >= 0.3 is 0 Å². The number of carbonyl (C=O) groups excluding carboxylic acids is 1. The second kappa shape index (κ2) is 8.67. The van der Waals surface area contributed by atoms with Gasteiger partial charge in [0.15, 0.2) is 0 Å². The molecule has 0 unspecified atom stereocenters. The second-order valence-corrected chi connectivity index (χ2v) is 5.83. The average molecular weight is 336 g/mol. The van der Waals surface area contributed by atoms with Gasteiger partial charge in [0, 0.05) is 36.5 Å². The summed E-state index contributed by atoms with van der Waals surface area (Å²) >= 11 is 5.86. The largest absolute Gasteiger partial charge is 0.421 e. The minimum absolute atomic E-state index is 0.139. The molecule has 124 valence electrons. The van der Waals surface area contributed by atoms with Crippen molar-refractivity contribution in [3.8, 4) is 11.5 Å². The van der Waals surface area contributed by atoms with Crippen molar-refractivity contribution < 1.29 is 9.21 Å². The van der Waals surface area contributed by atoms with Crippen molar-refractivity contribution in [3.63, 3.8) is 0 Å². The van der Waals surface area contributed by atoms with E-state index in [9.17, 15) is 4.79 Å². The van der Waals surface area contributed by atoms with Gasteiger partial charge in [-0.05, 0) is 37.1 Å².